The van der Waals surface area contributed by atoms with E-state index in [4.69, 9.17) is 5.73 Å². The number of rotatable bonds is 3. The van der Waals surface area contributed by atoms with Gasteiger partial charge in [0.1, 0.15) is 0 Å². The van der Waals surface area contributed by atoms with E-state index in [1.54, 1.807) is 0 Å². The summed E-state index contributed by atoms with van der Waals surface area (Å²) < 4.78 is 4.64. The van der Waals surface area contributed by atoms with E-state index in [0.29, 0.717) is 6.54 Å². The highest BCUT2D eigenvalue weighted by atomic mass is 16.5. The second-order valence-electron chi connectivity index (χ2n) is 3.04. The van der Waals surface area contributed by atoms with Crippen molar-refractivity contribution in [1.82, 2.24) is 0 Å². The third-order valence-corrected chi connectivity index (χ3v) is 2.11. The summed E-state index contributed by atoms with van der Waals surface area (Å²) in [6, 6.07) is 0. The summed E-state index contributed by atoms with van der Waals surface area (Å²) >= 11 is 0. The van der Waals surface area contributed by atoms with E-state index >= 15 is 0 Å². The molecule has 0 spiro atoms. The maximum Gasteiger partial charge on any atom is 0.312 e. The number of hydrogen-bond donors (Lipinski definition) is 1. The summed E-state index contributed by atoms with van der Waals surface area (Å²) in [5.41, 5.74) is 6.62. The van der Waals surface area contributed by atoms with Crippen molar-refractivity contribution < 1.29 is 9.53 Å². The van der Waals surface area contributed by atoms with Crippen LogP contribution < -0.4 is 5.73 Å². The molecule has 1 rings (SSSR count). The summed E-state index contributed by atoms with van der Waals surface area (Å²) in [7, 11) is 1.41. The second kappa shape index (κ2) is 4.82. The molecule has 0 radical (unpaired) electrons. The summed E-state index contributed by atoms with van der Waals surface area (Å²) in [6.45, 7) is 0.652. The first kappa shape index (κ1) is 9.99. The van der Waals surface area contributed by atoms with Gasteiger partial charge >= 0.3 is 5.97 Å². The largest absolute Gasteiger partial charge is 0.469 e. The summed E-state index contributed by atoms with van der Waals surface area (Å²) in [5.74, 6) is -0.272. The van der Waals surface area contributed by atoms with Crippen LogP contribution in [0, 0.1) is 5.92 Å². The third-order valence-electron chi connectivity index (χ3n) is 2.11. The minimum absolute atomic E-state index is 0.105. The zero-order valence-electron chi connectivity index (χ0n) is 7.82. The number of carbonyl (C=O) groups excluding carboxylic acids is 1. The van der Waals surface area contributed by atoms with Gasteiger partial charge in [-0.3, -0.25) is 4.79 Å². The molecule has 0 saturated heterocycles. The van der Waals surface area contributed by atoms with Gasteiger partial charge in [-0.25, -0.2) is 0 Å². The van der Waals surface area contributed by atoms with E-state index < -0.39 is 0 Å². The number of ether oxygens (including phenoxy) is 1. The van der Waals surface area contributed by atoms with Crippen LogP contribution in [-0.2, 0) is 9.53 Å². The Kier molecular flexibility index (Phi) is 3.71. The maximum atomic E-state index is 11.1. The molecule has 0 aromatic rings. The average Bonchev–Trinajstić information content (AvgIpc) is 2.18. The number of methoxy groups -OCH3 is 1. The quantitative estimate of drug-likeness (QED) is 0.661. The first-order valence-corrected chi connectivity index (χ1v) is 4.43. The first-order chi connectivity index (χ1) is 6.27. The molecule has 1 atom stereocenters. The average molecular weight is 181 g/mol. The summed E-state index contributed by atoms with van der Waals surface area (Å²) in [4.78, 5) is 11.1. The molecule has 0 heterocycles. The number of allylic oxidation sites excluding steroid dienone is 2. The molecule has 72 valence electrons. The van der Waals surface area contributed by atoms with Crippen LogP contribution in [0.3, 0.4) is 0 Å². The smallest absolute Gasteiger partial charge is 0.312 e. The lowest BCUT2D eigenvalue weighted by Gasteiger charge is -2.13. The molecular weight excluding hydrogens is 166 g/mol. The Bertz CT molecular complexity index is 243. The van der Waals surface area contributed by atoms with E-state index in [2.05, 4.69) is 10.8 Å². The van der Waals surface area contributed by atoms with Crippen molar-refractivity contribution in [3.05, 3.63) is 23.8 Å². The molecule has 13 heavy (non-hydrogen) atoms. The molecule has 0 aromatic heterocycles. The monoisotopic (exact) mass is 181 g/mol. The van der Waals surface area contributed by atoms with Crippen LogP contribution in [0.4, 0.5) is 0 Å². The fraction of sp³-hybridized carbons (Fsp3) is 0.500. The zero-order chi connectivity index (χ0) is 9.68. The Morgan fingerprint density at radius 1 is 1.77 bits per heavy atom. The molecule has 3 nitrogen and oxygen atoms in total. The van der Waals surface area contributed by atoms with E-state index in [1.807, 2.05) is 12.2 Å². The van der Waals surface area contributed by atoms with Gasteiger partial charge in [-0.1, -0.05) is 23.8 Å². The maximum absolute atomic E-state index is 11.1. The van der Waals surface area contributed by atoms with Gasteiger partial charge < -0.3 is 10.5 Å². The fourth-order valence-corrected chi connectivity index (χ4v) is 1.34. The van der Waals surface area contributed by atoms with Gasteiger partial charge in [0.05, 0.1) is 13.0 Å². The van der Waals surface area contributed by atoms with Crippen molar-refractivity contribution in [2.75, 3.05) is 13.7 Å². The van der Waals surface area contributed by atoms with Crippen molar-refractivity contribution in [3.8, 4) is 0 Å². The molecule has 0 amide bonds. The molecule has 1 unspecified atom stereocenters. The number of esters is 1. The minimum Gasteiger partial charge on any atom is -0.469 e. The van der Waals surface area contributed by atoms with E-state index in [-0.39, 0.29) is 11.9 Å². The third kappa shape index (κ3) is 2.70. The molecule has 0 aromatic carbocycles. The summed E-state index contributed by atoms with van der Waals surface area (Å²) in [5, 5.41) is 0. The Morgan fingerprint density at radius 2 is 2.54 bits per heavy atom. The fourth-order valence-electron chi connectivity index (χ4n) is 1.34. The van der Waals surface area contributed by atoms with Crippen LogP contribution in [0.15, 0.2) is 23.8 Å². The molecule has 1 aliphatic carbocycles. The van der Waals surface area contributed by atoms with Gasteiger partial charge in [-0.05, 0) is 19.4 Å². The molecule has 0 bridgehead atoms. The van der Waals surface area contributed by atoms with Crippen LogP contribution in [0.25, 0.3) is 0 Å². The van der Waals surface area contributed by atoms with Gasteiger partial charge in [0, 0.05) is 0 Å². The minimum atomic E-state index is -0.167. The van der Waals surface area contributed by atoms with Crippen molar-refractivity contribution >= 4 is 5.97 Å². The Morgan fingerprint density at radius 3 is 3.00 bits per heavy atom. The van der Waals surface area contributed by atoms with Crippen molar-refractivity contribution in [2.24, 2.45) is 11.7 Å². The SMILES string of the molecule is COC(=O)C1C=CC(CCN)=CC1. The predicted octanol–water partition coefficient (Wildman–Crippen LogP) is 1.01. The number of nitrogens with two attached hydrogens (primary N) is 1. The topological polar surface area (TPSA) is 52.3 Å². The standard InChI is InChI=1S/C10H15NO2/c1-13-10(12)9-4-2-8(3-5-9)6-7-11/h2-4,9H,5-7,11H2,1H3. The van der Waals surface area contributed by atoms with Crippen LogP contribution in [0.5, 0.6) is 0 Å². The highest BCUT2D eigenvalue weighted by Gasteiger charge is 2.16. The summed E-state index contributed by atoms with van der Waals surface area (Å²) in [6.07, 6.45) is 7.51. The van der Waals surface area contributed by atoms with Gasteiger partial charge in [-0.2, -0.15) is 0 Å². The van der Waals surface area contributed by atoms with Crippen LogP contribution >= 0.6 is 0 Å². The van der Waals surface area contributed by atoms with Crippen molar-refractivity contribution in [3.63, 3.8) is 0 Å². The zero-order valence-corrected chi connectivity index (χ0v) is 7.82. The molecule has 0 saturated carbocycles. The molecule has 2 N–H and O–H groups in total. The Balaban J connectivity index is 2.48. The van der Waals surface area contributed by atoms with E-state index in [1.165, 1.54) is 12.7 Å². The van der Waals surface area contributed by atoms with Crippen molar-refractivity contribution in [1.29, 1.82) is 0 Å². The van der Waals surface area contributed by atoms with E-state index in [9.17, 15) is 4.79 Å². The first-order valence-electron chi connectivity index (χ1n) is 4.43. The van der Waals surface area contributed by atoms with E-state index in [0.717, 1.165) is 12.8 Å². The van der Waals surface area contributed by atoms with Crippen molar-refractivity contribution in [2.45, 2.75) is 12.8 Å². The molecule has 0 aliphatic heterocycles. The Hall–Kier alpha value is -1.09. The molecular formula is C10H15NO2. The normalized spacial score (nSPS) is 21.1. The second-order valence-corrected chi connectivity index (χ2v) is 3.04. The molecule has 1 aliphatic rings. The lowest BCUT2D eigenvalue weighted by atomic mass is 9.95. The van der Waals surface area contributed by atoms with Gasteiger partial charge in [0.2, 0.25) is 0 Å². The van der Waals surface area contributed by atoms with Crippen LogP contribution in [0.2, 0.25) is 0 Å². The van der Waals surface area contributed by atoms with Crippen LogP contribution in [-0.4, -0.2) is 19.6 Å². The molecule has 3 heteroatoms. The Labute approximate surface area is 78.3 Å². The highest BCUT2D eigenvalue weighted by Crippen LogP contribution is 2.18. The van der Waals surface area contributed by atoms with Gasteiger partial charge in [0.25, 0.3) is 0 Å². The highest BCUT2D eigenvalue weighted by molar-refractivity contribution is 5.75. The predicted molar refractivity (Wildman–Crippen MR) is 51.0 cm³/mol. The number of hydrogen-bond acceptors (Lipinski definition) is 3. The van der Waals surface area contributed by atoms with Gasteiger partial charge in [-0.15, -0.1) is 0 Å². The van der Waals surface area contributed by atoms with Crippen LogP contribution in [0.1, 0.15) is 12.8 Å². The lowest BCUT2D eigenvalue weighted by Crippen LogP contribution is -2.15. The number of carbonyl (C=O) groups is 1. The molecule has 0 fully saturated rings. The lowest BCUT2D eigenvalue weighted by molar-refractivity contribution is -0.143. The van der Waals surface area contributed by atoms with Gasteiger partial charge in [0.15, 0.2) is 0 Å².